The summed E-state index contributed by atoms with van der Waals surface area (Å²) in [6.45, 7) is 2.07. The molecule has 0 heterocycles. The normalized spacial score (nSPS) is 17.0. The summed E-state index contributed by atoms with van der Waals surface area (Å²) in [7, 11) is 0. The second kappa shape index (κ2) is 7.59. The molecule has 0 radical (unpaired) electrons. The Morgan fingerprint density at radius 1 is 0.630 bits per heavy atom. The first kappa shape index (κ1) is 17.2. The zero-order chi connectivity index (χ0) is 18.6. The van der Waals surface area contributed by atoms with Crippen molar-refractivity contribution in [3.05, 3.63) is 107 Å². The number of hydrogen-bond acceptors (Lipinski definition) is 1. The van der Waals surface area contributed by atoms with Crippen molar-refractivity contribution in [3.8, 4) is 11.1 Å². The standard InChI is InChI=1S/C26H22O/c1-19-7-9-20(10-8-19)17-24-15-16-25(26(24)27)18-21-11-13-23(14-12-21)22-5-3-2-4-6-22/h2-14,17-18H,15-16H2,1H3/b24-17-,25-18+. The van der Waals surface area contributed by atoms with Crippen LogP contribution in [0.4, 0.5) is 0 Å². The lowest BCUT2D eigenvalue weighted by atomic mass is 10.0. The van der Waals surface area contributed by atoms with Crippen LogP contribution in [0.15, 0.2) is 90.0 Å². The van der Waals surface area contributed by atoms with Crippen LogP contribution in [0.2, 0.25) is 0 Å². The SMILES string of the molecule is Cc1ccc(/C=C2/CC/C(=C\c3ccc(-c4ccccc4)cc3)C2=O)cc1. The molecule has 1 saturated carbocycles. The second-order valence-corrected chi connectivity index (χ2v) is 7.07. The van der Waals surface area contributed by atoms with E-state index in [2.05, 4.69) is 67.6 Å². The van der Waals surface area contributed by atoms with Crippen LogP contribution < -0.4 is 0 Å². The summed E-state index contributed by atoms with van der Waals surface area (Å²) >= 11 is 0. The predicted molar refractivity (Wildman–Crippen MR) is 113 cm³/mol. The highest BCUT2D eigenvalue weighted by atomic mass is 16.1. The van der Waals surface area contributed by atoms with Crippen molar-refractivity contribution in [2.24, 2.45) is 0 Å². The van der Waals surface area contributed by atoms with E-state index in [0.29, 0.717) is 0 Å². The fourth-order valence-corrected chi connectivity index (χ4v) is 3.45. The molecular weight excluding hydrogens is 328 g/mol. The molecule has 3 aromatic carbocycles. The van der Waals surface area contributed by atoms with E-state index < -0.39 is 0 Å². The smallest absolute Gasteiger partial charge is 0.185 e. The lowest BCUT2D eigenvalue weighted by molar-refractivity contribution is -0.111. The molecule has 0 bridgehead atoms. The topological polar surface area (TPSA) is 17.1 Å². The van der Waals surface area contributed by atoms with Gasteiger partial charge < -0.3 is 0 Å². The number of allylic oxidation sites excluding steroid dienone is 2. The molecule has 4 rings (SSSR count). The third-order valence-electron chi connectivity index (χ3n) is 5.02. The van der Waals surface area contributed by atoms with Crippen LogP contribution in [0.25, 0.3) is 23.3 Å². The third-order valence-corrected chi connectivity index (χ3v) is 5.02. The van der Waals surface area contributed by atoms with Gasteiger partial charge in [-0.2, -0.15) is 0 Å². The molecule has 0 unspecified atom stereocenters. The first-order valence-electron chi connectivity index (χ1n) is 9.37. The Hall–Kier alpha value is -3.19. The van der Waals surface area contributed by atoms with Gasteiger partial charge in [-0.05, 0) is 54.2 Å². The fourth-order valence-electron chi connectivity index (χ4n) is 3.45. The summed E-state index contributed by atoms with van der Waals surface area (Å²) in [6.07, 6.45) is 5.70. The average molecular weight is 350 g/mol. The number of hydrogen-bond donors (Lipinski definition) is 0. The van der Waals surface area contributed by atoms with Gasteiger partial charge in [0.05, 0.1) is 0 Å². The van der Waals surface area contributed by atoms with Crippen LogP contribution in [0, 0.1) is 6.92 Å². The third kappa shape index (κ3) is 3.98. The Morgan fingerprint density at radius 3 is 1.67 bits per heavy atom. The molecule has 3 aromatic rings. The zero-order valence-electron chi connectivity index (χ0n) is 15.5. The van der Waals surface area contributed by atoms with Crippen LogP contribution in [-0.2, 0) is 4.79 Å². The van der Waals surface area contributed by atoms with Gasteiger partial charge in [-0.25, -0.2) is 0 Å². The number of carbonyl (C=O) groups excluding carboxylic acids is 1. The van der Waals surface area contributed by atoms with Gasteiger partial charge in [0.2, 0.25) is 0 Å². The van der Waals surface area contributed by atoms with E-state index in [1.54, 1.807) is 0 Å². The van der Waals surface area contributed by atoms with Gasteiger partial charge in [-0.3, -0.25) is 4.79 Å². The molecule has 1 aliphatic rings. The summed E-state index contributed by atoms with van der Waals surface area (Å²) in [5.41, 5.74) is 7.61. The first-order valence-corrected chi connectivity index (χ1v) is 9.37. The Morgan fingerprint density at radius 2 is 1.11 bits per heavy atom. The van der Waals surface area contributed by atoms with Gasteiger partial charge in [0.25, 0.3) is 0 Å². The lowest BCUT2D eigenvalue weighted by Crippen LogP contribution is -1.95. The Labute approximate surface area is 160 Å². The molecule has 0 aliphatic heterocycles. The molecule has 1 heteroatoms. The molecule has 132 valence electrons. The van der Waals surface area contributed by atoms with E-state index >= 15 is 0 Å². The van der Waals surface area contributed by atoms with Crippen molar-refractivity contribution in [1.29, 1.82) is 0 Å². The molecule has 1 fully saturated rings. The molecule has 0 atom stereocenters. The Bertz CT molecular complexity index is 1000. The first-order chi connectivity index (χ1) is 13.2. The number of aryl methyl sites for hydroxylation is 1. The largest absolute Gasteiger partial charge is 0.289 e. The molecule has 0 saturated heterocycles. The van der Waals surface area contributed by atoms with Crippen LogP contribution in [0.3, 0.4) is 0 Å². The molecule has 27 heavy (non-hydrogen) atoms. The van der Waals surface area contributed by atoms with Crippen LogP contribution in [0.5, 0.6) is 0 Å². The minimum Gasteiger partial charge on any atom is -0.289 e. The highest BCUT2D eigenvalue weighted by Gasteiger charge is 2.22. The van der Waals surface area contributed by atoms with E-state index in [1.165, 1.54) is 16.7 Å². The second-order valence-electron chi connectivity index (χ2n) is 7.07. The van der Waals surface area contributed by atoms with Gasteiger partial charge >= 0.3 is 0 Å². The molecule has 0 N–H and O–H groups in total. The lowest BCUT2D eigenvalue weighted by Gasteiger charge is -2.02. The van der Waals surface area contributed by atoms with Crippen molar-refractivity contribution < 1.29 is 4.79 Å². The number of carbonyl (C=O) groups is 1. The predicted octanol–water partition coefficient (Wildman–Crippen LogP) is 6.49. The van der Waals surface area contributed by atoms with E-state index in [-0.39, 0.29) is 5.78 Å². The average Bonchev–Trinajstić information content (AvgIpc) is 3.04. The maximum absolute atomic E-state index is 12.7. The molecular formula is C26H22O. The number of Topliss-reactive ketones (excluding diaryl/α,β-unsaturated/α-hetero) is 1. The minimum absolute atomic E-state index is 0.183. The molecule has 1 nitrogen and oxygen atoms in total. The van der Waals surface area contributed by atoms with Gasteiger partial charge in [-0.1, -0.05) is 84.4 Å². The Kier molecular flexibility index (Phi) is 4.84. The summed E-state index contributed by atoms with van der Waals surface area (Å²) in [5.74, 6) is 0.183. The summed E-state index contributed by atoms with van der Waals surface area (Å²) in [5, 5.41) is 0. The van der Waals surface area contributed by atoms with E-state index in [4.69, 9.17) is 0 Å². The number of rotatable bonds is 3. The number of benzene rings is 3. The van der Waals surface area contributed by atoms with Crippen molar-refractivity contribution in [2.45, 2.75) is 19.8 Å². The van der Waals surface area contributed by atoms with Crippen molar-refractivity contribution in [3.63, 3.8) is 0 Å². The fraction of sp³-hybridized carbons (Fsp3) is 0.115. The minimum atomic E-state index is 0.183. The summed E-state index contributed by atoms with van der Waals surface area (Å²) in [4.78, 5) is 12.7. The van der Waals surface area contributed by atoms with Gasteiger partial charge in [0.1, 0.15) is 0 Å². The molecule has 1 aliphatic carbocycles. The van der Waals surface area contributed by atoms with Crippen molar-refractivity contribution in [1.82, 2.24) is 0 Å². The summed E-state index contributed by atoms with van der Waals surface area (Å²) in [6, 6.07) is 27.0. The van der Waals surface area contributed by atoms with Crippen molar-refractivity contribution in [2.75, 3.05) is 0 Å². The quantitative estimate of drug-likeness (QED) is 0.493. The number of ketones is 1. The van der Waals surface area contributed by atoms with E-state index in [0.717, 1.165) is 35.1 Å². The molecule has 0 amide bonds. The summed E-state index contributed by atoms with van der Waals surface area (Å²) < 4.78 is 0. The maximum Gasteiger partial charge on any atom is 0.185 e. The van der Waals surface area contributed by atoms with Crippen LogP contribution in [-0.4, -0.2) is 5.78 Å². The van der Waals surface area contributed by atoms with Crippen molar-refractivity contribution >= 4 is 17.9 Å². The highest BCUT2D eigenvalue weighted by Crippen LogP contribution is 2.30. The highest BCUT2D eigenvalue weighted by molar-refractivity contribution is 6.15. The molecule has 0 spiro atoms. The van der Waals surface area contributed by atoms with Crippen LogP contribution in [0.1, 0.15) is 29.5 Å². The Balaban J connectivity index is 1.53. The molecule has 0 aromatic heterocycles. The van der Waals surface area contributed by atoms with Gasteiger partial charge in [0, 0.05) is 11.1 Å². The van der Waals surface area contributed by atoms with Gasteiger partial charge in [0.15, 0.2) is 5.78 Å². The monoisotopic (exact) mass is 350 g/mol. The van der Waals surface area contributed by atoms with E-state index in [9.17, 15) is 4.79 Å². The zero-order valence-corrected chi connectivity index (χ0v) is 15.5. The van der Waals surface area contributed by atoms with Crippen LogP contribution >= 0.6 is 0 Å². The van der Waals surface area contributed by atoms with E-state index in [1.807, 2.05) is 30.4 Å². The van der Waals surface area contributed by atoms with Gasteiger partial charge in [-0.15, -0.1) is 0 Å². The maximum atomic E-state index is 12.7.